The highest BCUT2D eigenvalue weighted by Crippen LogP contribution is 2.13. The molecule has 0 spiro atoms. The number of nitrogens with one attached hydrogen (secondary N) is 1. The summed E-state index contributed by atoms with van der Waals surface area (Å²) in [4.78, 5) is 13.8. The van der Waals surface area contributed by atoms with E-state index in [-0.39, 0.29) is 12.6 Å². The van der Waals surface area contributed by atoms with E-state index in [0.717, 1.165) is 10.4 Å². The predicted molar refractivity (Wildman–Crippen MR) is 64.2 cm³/mol. The summed E-state index contributed by atoms with van der Waals surface area (Å²) in [5.41, 5.74) is 0.869. The average Bonchev–Trinajstić information content (AvgIpc) is 2.70. The molecule has 1 aromatic rings. The van der Waals surface area contributed by atoms with Gasteiger partial charge in [0.15, 0.2) is 0 Å². The van der Waals surface area contributed by atoms with Crippen LogP contribution in [-0.2, 0) is 6.54 Å². The first-order chi connectivity index (χ1) is 7.63. The molecule has 86 valence electrons. The Bertz CT molecular complexity index is 415. The van der Waals surface area contributed by atoms with Crippen molar-refractivity contribution in [3.05, 3.63) is 21.9 Å². The number of nitrogens with zero attached hydrogens (tertiary/aromatic N) is 1. The van der Waals surface area contributed by atoms with Gasteiger partial charge in [0.1, 0.15) is 6.61 Å². The zero-order chi connectivity index (χ0) is 12.0. The molecule has 1 heterocycles. The van der Waals surface area contributed by atoms with E-state index in [9.17, 15) is 4.79 Å². The normalized spacial score (nSPS) is 9.19. The molecule has 0 unspecified atom stereocenters. The first-order valence-electron chi connectivity index (χ1n) is 4.75. The van der Waals surface area contributed by atoms with Gasteiger partial charge in [-0.25, -0.2) is 4.79 Å². The van der Waals surface area contributed by atoms with Crippen molar-refractivity contribution < 1.29 is 9.90 Å². The summed E-state index contributed by atoms with van der Waals surface area (Å²) < 4.78 is 0. The van der Waals surface area contributed by atoms with Crippen molar-refractivity contribution >= 4 is 17.4 Å². The summed E-state index contributed by atoms with van der Waals surface area (Å²) >= 11 is 1.54. The summed E-state index contributed by atoms with van der Waals surface area (Å²) in [6, 6.07) is 1.79. The molecule has 0 aromatic carbocycles. The Morgan fingerprint density at radius 1 is 1.62 bits per heavy atom. The maximum absolute atomic E-state index is 11.3. The second-order valence-electron chi connectivity index (χ2n) is 3.31. The summed E-state index contributed by atoms with van der Waals surface area (Å²) in [5.74, 6) is 5.39. The molecule has 16 heavy (non-hydrogen) atoms. The minimum absolute atomic E-state index is 0.114. The molecule has 0 aliphatic heterocycles. The van der Waals surface area contributed by atoms with Gasteiger partial charge in [0.2, 0.25) is 0 Å². The van der Waals surface area contributed by atoms with Crippen LogP contribution in [0, 0.1) is 11.8 Å². The monoisotopic (exact) mass is 238 g/mol. The number of rotatable bonds is 2. The Morgan fingerprint density at radius 3 is 3.00 bits per heavy atom. The molecular formula is C11H14N2O2S. The quantitative estimate of drug-likeness (QED) is 0.751. The van der Waals surface area contributed by atoms with Gasteiger partial charge in [-0.3, -0.25) is 0 Å². The van der Waals surface area contributed by atoms with Crippen LogP contribution in [0.15, 0.2) is 11.4 Å². The van der Waals surface area contributed by atoms with Gasteiger partial charge in [-0.05, 0) is 6.07 Å². The van der Waals surface area contributed by atoms with E-state index < -0.39 is 0 Å². The van der Waals surface area contributed by atoms with E-state index in [2.05, 4.69) is 17.2 Å². The minimum Gasteiger partial charge on any atom is -0.384 e. The lowest BCUT2D eigenvalue weighted by Gasteiger charge is -2.10. The lowest BCUT2D eigenvalue weighted by Crippen LogP contribution is -2.33. The van der Waals surface area contributed by atoms with E-state index in [4.69, 9.17) is 5.11 Å². The van der Waals surface area contributed by atoms with Crippen LogP contribution in [0.25, 0.3) is 0 Å². The van der Waals surface area contributed by atoms with Crippen LogP contribution in [0.3, 0.4) is 0 Å². The molecule has 1 rings (SSSR count). The van der Waals surface area contributed by atoms with E-state index in [1.165, 1.54) is 16.2 Å². The number of carbonyl (C=O) groups is 1. The molecule has 1 aromatic heterocycles. The maximum atomic E-state index is 11.3. The second-order valence-corrected chi connectivity index (χ2v) is 4.31. The smallest absolute Gasteiger partial charge is 0.317 e. The van der Waals surface area contributed by atoms with E-state index in [0.29, 0.717) is 6.54 Å². The third kappa shape index (κ3) is 3.93. The molecule has 0 aliphatic carbocycles. The molecule has 2 amide bonds. The molecule has 0 bridgehead atoms. The van der Waals surface area contributed by atoms with Gasteiger partial charge in [0.25, 0.3) is 0 Å². The van der Waals surface area contributed by atoms with Gasteiger partial charge in [-0.2, -0.15) is 0 Å². The third-order valence-electron chi connectivity index (χ3n) is 1.79. The number of amides is 2. The Labute approximate surface area is 98.9 Å². The van der Waals surface area contributed by atoms with Gasteiger partial charge in [-0.1, -0.05) is 11.8 Å². The number of thiophene rings is 1. The largest absolute Gasteiger partial charge is 0.384 e. The highest BCUT2D eigenvalue weighted by atomic mass is 32.1. The van der Waals surface area contributed by atoms with Gasteiger partial charge in [0.05, 0.1) is 6.54 Å². The number of hydrogen-bond donors (Lipinski definition) is 2. The lowest BCUT2D eigenvalue weighted by molar-refractivity contribution is 0.217. The van der Waals surface area contributed by atoms with E-state index in [1.54, 1.807) is 14.1 Å². The Balaban J connectivity index is 2.49. The standard InChI is InChI=1S/C11H14N2O2S/c1-13(2)11(15)12-7-10-6-9(8-16-10)4-3-5-14/h6,8,14H,5,7H2,1-2H3,(H,12,15). The van der Waals surface area contributed by atoms with Gasteiger partial charge in [0, 0.05) is 29.9 Å². The van der Waals surface area contributed by atoms with Crippen LogP contribution in [-0.4, -0.2) is 36.7 Å². The Morgan fingerprint density at radius 2 is 2.38 bits per heavy atom. The summed E-state index contributed by atoms with van der Waals surface area (Å²) in [7, 11) is 3.39. The van der Waals surface area contributed by atoms with Crippen LogP contribution < -0.4 is 5.32 Å². The van der Waals surface area contributed by atoms with Crippen molar-refractivity contribution in [2.75, 3.05) is 20.7 Å². The van der Waals surface area contributed by atoms with Crippen LogP contribution in [0.5, 0.6) is 0 Å². The third-order valence-corrected chi connectivity index (χ3v) is 2.72. The van der Waals surface area contributed by atoms with Crippen molar-refractivity contribution in [1.82, 2.24) is 10.2 Å². The maximum Gasteiger partial charge on any atom is 0.317 e. The summed E-state index contributed by atoms with van der Waals surface area (Å²) in [6.45, 7) is 0.366. The van der Waals surface area contributed by atoms with Crippen molar-refractivity contribution in [3.63, 3.8) is 0 Å². The molecular weight excluding hydrogens is 224 g/mol. The van der Waals surface area contributed by atoms with Crippen molar-refractivity contribution in [3.8, 4) is 11.8 Å². The molecule has 0 fully saturated rings. The van der Waals surface area contributed by atoms with Gasteiger partial charge in [-0.15, -0.1) is 11.3 Å². The predicted octanol–water partition coefficient (Wildman–Crippen LogP) is 0.863. The average molecular weight is 238 g/mol. The van der Waals surface area contributed by atoms with E-state index in [1.807, 2.05) is 11.4 Å². The minimum atomic E-state index is -0.136. The van der Waals surface area contributed by atoms with Crippen LogP contribution >= 0.6 is 11.3 Å². The van der Waals surface area contributed by atoms with Crippen LogP contribution in [0.2, 0.25) is 0 Å². The molecule has 2 N–H and O–H groups in total. The highest BCUT2D eigenvalue weighted by Gasteiger charge is 2.03. The number of urea groups is 1. The molecule has 0 radical (unpaired) electrons. The molecule has 0 aliphatic rings. The zero-order valence-electron chi connectivity index (χ0n) is 9.28. The topological polar surface area (TPSA) is 52.6 Å². The van der Waals surface area contributed by atoms with Crippen molar-refractivity contribution in [2.24, 2.45) is 0 Å². The fourth-order valence-corrected chi connectivity index (χ4v) is 1.76. The van der Waals surface area contributed by atoms with E-state index >= 15 is 0 Å². The summed E-state index contributed by atoms with van der Waals surface area (Å²) in [6.07, 6.45) is 0. The van der Waals surface area contributed by atoms with Gasteiger partial charge >= 0.3 is 6.03 Å². The van der Waals surface area contributed by atoms with Crippen LogP contribution in [0.1, 0.15) is 10.4 Å². The Hall–Kier alpha value is -1.51. The van der Waals surface area contributed by atoms with Crippen molar-refractivity contribution in [1.29, 1.82) is 0 Å². The molecule has 0 saturated heterocycles. The first kappa shape index (κ1) is 12.6. The summed E-state index contributed by atoms with van der Waals surface area (Å²) in [5, 5.41) is 13.2. The SMILES string of the molecule is CN(C)C(=O)NCc1cc(C#CCO)cs1. The fraction of sp³-hybridized carbons (Fsp3) is 0.364. The van der Waals surface area contributed by atoms with Crippen molar-refractivity contribution in [2.45, 2.75) is 6.54 Å². The zero-order valence-corrected chi connectivity index (χ0v) is 10.1. The number of aliphatic hydroxyl groups is 1. The molecule has 5 heteroatoms. The molecule has 4 nitrogen and oxygen atoms in total. The first-order valence-corrected chi connectivity index (χ1v) is 5.63. The number of aliphatic hydroxyl groups excluding tert-OH is 1. The molecule has 0 saturated carbocycles. The Kier molecular flexibility index (Phi) is 4.83. The number of hydrogen-bond acceptors (Lipinski definition) is 3. The van der Waals surface area contributed by atoms with Crippen LogP contribution in [0.4, 0.5) is 4.79 Å². The second kappa shape index (κ2) is 6.16. The number of carbonyl (C=O) groups excluding carboxylic acids is 1. The fourth-order valence-electron chi connectivity index (χ4n) is 1.00. The highest BCUT2D eigenvalue weighted by molar-refractivity contribution is 7.10. The van der Waals surface area contributed by atoms with Gasteiger partial charge < -0.3 is 15.3 Å². The lowest BCUT2D eigenvalue weighted by atomic mass is 10.3. The molecule has 0 atom stereocenters.